The Morgan fingerprint density at radius 1 is 1.31 bits per heavy atom. The molecular formula is C11H18BN3O. The molecule has 86 valence electrons. The Kier molecular flexibility index (Phi) is 2.29. The van der Waals surface area contributed by atoms with Gasteiger partial charge in [-0.25, -0.2) is 0 Å². The fraction of sp³-hybridized carbons (Fsp3) is 0.545. The van der Waals surface area contributed by atoms with Crippen molar-refractivity contribution in [3.63, 3.8) is 0 Å². The average Bonchev–Trinajstić information content (AvgIpc) is 2.15. The van der Waals surface area contributed by atoms with Crippen molar-refractivity contribution in [2.75, 3.05) is 0 Å². The lowest BCUT2D eigenvalue weighted by atomic mass is 9.56. The number of rotatable bonds is 0. The van der Waals surface area contributed by atoms with Crippen molar-refractivity contribution in [1.82, 2.24) is 4.98 Å². The van der Waals surface area contributed by atoms with Gasteiger partial charge in [0.15, 0.2) is 0 Å². The molecule has 0 aromatic carbocycles. The minimum Gasteiger partial charge on any atom is -0.649 e. The molecule has 0 aliphatic carbocycles. The molecule has 0 fully saturated rings. The van der Waals surface area contributed by atoms with Gasteiger partial charge in [0.05, 0.1) is 17.8 Å². The van der Waals surface area contributed by atoms with E-state index in [1.165, 1.54) is 0 Å². The molecule has 2 heterocycles. The third-order valence-electron chi connectivity index (χ3n) is 2.70. The van der Waals surface area contributed by atoms with E-state index in [1.807, 2.05) is 10.7 Å². The van der Waals surface area contributed by atoms with Gasteiger partial charge in [0, 0.05) is 0 Å². The smallest absolute Gasteiger partial charge is 0.361 e. The highest BCUT2D eigenvalue weighted by Crippen LogP contribution is 2.25. The Hall–Kier alpha value is -1.39. The van der Waals surface area contributed by atoms with E-state index in [2.05, 4.69) is 44.4 Å². The maximum atomic E-state index is 6.01. The molecule has 0 atom stereocenters. The molecule has 2 rings (SSSR count). The topological polar surface area (TPSA) is 38.4 Å². The quantitative estimate of drug-likeness (QED) is 0.626. The first kappa shape index (κ1) is 11.1. The van der Waals surface area contributed by atoms with Gasteiger partial charge in [0.1, 0.15) is 6.20 Å². The van der Waals surface area contributed by atoms with E-state index in [0.717, 1.165) is 11.7 Å². The third-order valence-corrected chi connectivity index (χ3v) is 2.70. The molecule has 16 heavy (non-hydrogen) atoms. The summed E-state index contributed by atoms with van der Waals surface area (Å²) >= 11 is 0. The molecule has 0 bridgehead atoms. The number of hydrogen-bond acceptors (Lipinski definition) is 3. The normalized spacial score (nSPS) is 18.4. The molecule has 0 saturated carbocycles. The van der Waals surface area contributed by atoms with Crippen LogP contribution in [0.15, 0.2) is 23.6 Å². The van der Waals surface area contributed by atoms with Gasteiger partial charge in [-0.1, -0.05) is 0 Å². The summed E-state index contributed by atoms with van der Waals surface area (Å²) in [5.74, 6) is 1.65. The zero-order valence-corrected chi connectivity index (χ0v) is 10.6. The maximum Gasteiger partial charge on any atom is 0.361 e. The number of nitrogens with zero attached hydrogens (tertiary/aromatic N) is 3. The van der Waals surface area contributed by atoms with Gasteiger partial charge in [-0.2, -0.15) is 0 Å². The minimum atomic E-state index is -1.10. The zero-order chi connectivity index (χ0) is 12.0. The Morgan fingerprint density at radius 3 is 2.62 bits per heavy atom. The van der Waals surface area contributed by atoms with E-state index >= 15 is 0 Å². The summed E-state index contributed by atoms with van der Waals surface area (Å²) in [5, 5.41) is 0. The largest absolute Gasteiger partial charge is 0.649 e. The minimum absolute atomic E-state index is 0.0763. The van der Waals surface area contributed by atoms with E-state index in [-0.39, 0.29) is 5.41 Å². The lowest BCUT2D eigenvalue weighted by Gasteiger charge is -2.37. The van der Waals surface area contributed by atoms with Gasteiger partial charge >= 0.3 is 12.3 Å². The van der Waals surface area contributed by atoms with Crippen LogP contribution in [0.3, 0.4) is 0 Å². The molecule has 0 spiro atoms. The Balaban J connectivity index is 2.56. The average molecular weight is 219 g/mol. The van der Waals surface area contributed by atoms with Crippen LogP contribution < -0.4 is 4.48 Å². The first-order valence-corrected chi connectivity index (χ1v) is 5.67. The monoisotopic (exact) mass is 219 g/mol. The van der Waals surface area contributed by atoms with E-state index < -0.39 is 6.48 Å². The van der Waals surface area contributed by atoms with Crippen molar-refractivity contribution in [1.29, 1.82) is 0 Å². The SMILES string of the molecule is C[B-]1(C)OC(C(C)(C)C)=Nc2cncc[n+]21. The van der Waals surface area contributed by atoms with Gasteiger partial charge in [-0.3, -0.25) is 4.98 Å². The molecule has 0 N–H and O–H groups in total. The summed E-state index contributed by atoms with van der Waals surface area (Å²) in [6.45, 7) is 9.38. The summed E-state index contributed by atoms with van der Waals surface area (Å²) in [6.07, 6.45) is 5.45. The van der Waals surface area contributed by atoms with Crippen LogP contribution >= 0.6 is 0 Å². The molecule has 1 aliphatic rings. The molecule has 0 unspecified atom stereocenters. The van der Waals surface area contributed by atoms with Crippen LogP contribution in [0.2, 0.25) is 13.6 Å². The summed E-state index contributed by atoms with van der Waals surface area (Å²) in [4.78, 5) is 8.63. The molecule has 1 aromatic rings. The lowest BCUT2D eigenvalue weighted by molar-refractivity contribution is -0.547. The highest BCUT2D eigenvalue weighted by Gasteiger charge is 2.38. The Morgan fingerprint density at radius 2 is 2.00 bits per heavy atom. The molecule has 1 aromatic heterocycles. The second-order valence-corrected chi connectivity index (χ2v) is 5.80. The van der Waals surface area contributed by atoms with Crippen molar-refractivity contribution in [2.45, 2.75) is 34.4 Å². The van der Waals surface area contributed by atoms with E-state index in [4.69, 9.17) is 4.65 Å². The zero-order valence-electron chi connectivity index (χ0n) is 10.6. The van der Waals surface area contributed by atoms with Crippen molar-refractivity contribution in [3.8, 4) is 0 Å². The van der Waals surface area contributed by atoms with E-state index in [0.29, 0.717) is 0 Å². The third kappa shape index (κ3) is 1.82. The molecule has 0 amide bonds. The van der Waals surface area contributed by atoms with Crippen LogP contribution in [0.1, 0.15) is 20.8 Å². The molecule has 0 saturated heterocycles. The van der Waals surface area contributed by atoms with Crippen LogP contribution in [-0.4, -0.2) is 17.4 Å². The van der Waals surface area contributed by atoms with Gasteiger partial charge in [-0.05, 0) is 25.8 Å². The van der Waals surface area contributed by atoms with Gasteiger partial charge in [0.2, 0.25) is 0 Å². The predicted octanol–water partition coefficient (Wildman–Crippen LogP) is 2.03. The van der Waals surface area contributed by atoms with Gasteiger partial charge in [0.25, 0.3) is 5.90 Å². The molecule has 5 heteroatoms. The van der Waals surface area contributed by atoms with E-state index in [1.54, 1.807) is 12.4 Å². The van der Waals surface area contributed by atoms with Crippen molar-refractivity contribution < 1.29 is 9.13 Å². The van der Waals surface area contributed by atoms with Crippen molar-refractivity contribution in [3.05, 3.63) is 18.6 Å². The first-order valence-electron chi connectivity index (χ1n) is 5.67. The highest BCUT2D eigenvalue weighted by molar-refractivity contribution is 6.64. The standard InChI is InChI=1S/C11H18BN3O/c1-11(2,3)10-14-9-8-13-6-7-15(9)12(4,5)16-10/h6-8H,1-5H3. The number of hydrogen-bond donors (Lipinski definition) is 0. The predicted molar refractivity (Wildman–Crippen MR) is 64.9 cm³/mol. The summed E-state index contributed by atoms with van der Waals surface area (Å²) in [7, 11) is 0. The summed E-state index contributed by atoms with van der Waals surface area (Å²) < 4.78 is 8.06. The fourth-order valence-corrected chi connectivity index (χ4v) is 1.78. The van der Waals surface area contributed by atoms with Crippen molar-refractivity contribution in [2.24, 2.45) is 10.4 Å². The Labute approximate surface area is 96.4 Å². The second kappa shape index (κ2) is 3.30. The number of aliphatic imine (C=N–C) groups is 1. The molecule has 0 radical (unpaired) electrons. The van der Waals surface area contributed by atoms with Crippen molar-refractivity contribution >= 4 is 18.2 Å². The molecule has 1 aliphatic heterocycles. The second-order valence-electron chi connectivity index (χ2n) is 5.80. The highest BCUT2D eigenvalue weighted by atomic mass is 16.5. The Bertz CT molecular complexity index is 449. The molecular weight excluding hydrogens is 201 g/mol. The first-order chi connectivity index (χ1) is 7.31. The maximum absolute atomic E-state index is 6.01. The van der Waals surface area contributed by atoms with Crippen LogP contribution in [0, 0.1) is 5.41 Å². The van der Waals surface area contributed by atoms with Crippen LogP contribution in [0.4, 0.5) is 5.82 Å². The van der Waals surface area contributed by atoms with Gasteiger partial charge in [-0.15, -0.1) is 13.6 Å². The summed E-state index contributed by atoms with van der Waals surface area (Å²) in [6, 6.07) is 0. The van der Waals surface area contributed by atoms with Crippen LogP contribution in [0.25, 0.3) is 0 Å². The van der Waals surface area contributed by atoms with Gasteiger partial charge < -0.3 is 9.13 Å². The fourth-order valence-electron chi connectivity index (χ4n) is 1.78. The molecule has 4 nitrogen and oxygen atoms in total. The number of fused-ring (bicyclic) bond motifs is 1. The van der Waals surface area contributed by atoms with Crippen LogP contribution in [-0.2, 0) is 4.65 Å². The lowest BCUT2D eigenvalue weighted by Crippen LogP contribution is -2.65. The number of aromatic nitrogens is 2. The summed E-state index contributed by atoms with van der Waals surface area (Å²) in [5.41, 5.74) is -0.0763. The van der Waals surface area contributed by atoms with Crippen LogP contribution in [0.5, 0.6) is 0 Å². The van der Waals surface area contributed by atoms with E-state index in [9.17, 15) is 0 Å².